The molecular weight excluding hydrogens is 300 g/mol. The molecule has 0 unspecified atom stereocenters. The lowest BCUT2D eigenvalue weighted by Crippen LogP contribution is -2.01. The van der Waals surface area contributed by atoms with Crippen LogP contribution in [0.2, 0.25) is 0 Å². The summed E-state index contributed by atoms with van der Waals surface area (Å²) in [6, 6.07) is 8.31. The highest BCUT2D eigenvalue weighted by Gasteiger charge is 2.16. The maximum atomic E-state index is 12.3. The SMILES string of the molecule is O=c1cc(-c2ccc(O)c(O)c2)oc2c1c(O)cc1occc12. The average Bonchev–Trinajstić information content (AvgIpc) is 2.98. The predicted molar refractivity (Wildman–Crippen MR) is 82.7 cm³/mol. The second kappa shape index (κ2) is 4.54. The molecule has 0 aliphatic carbocycles. The Morgan fingerprint density at radius 2 is 1.70 bits per heavy atom. The van der Waals surface area contributed by atoms with Gasteiger partial charge in [-0.3, -0.25) is 4.79 Å². The van der Waals surface area contributed by atoms with Crippen molar-refractivity contribution in [3.63, 3.8) is 0 Å². The van der Waals surface area contributed by atoms with Gasteiger partial charge in [0.25, 0.3) is 0 Å². The summed E-state index contributed by atoms with van der Waals surface area (Å²) in [4.78, 5) is 12.3. The zero-order valence-electron chi connectivity index (χ0n) is 11.6. The van der Waals surface area contributed by atoms with Gasteiger partial charge >= 0.3 is 0 Å². The minimum atomic E-state index is -0.422. The third kappa shape index (κ3) is 1.92. The molecule has 0 saturated carbocycles. The number of hydrogen-bond acceptors (Lipinski definition) is 6. The molecule has 114 valence electrons. The second-order valence-corrected chi connectivity index (χ2v) is 5.11. The van der Waals surface area contributed by atoms with E-state index < -0.39 is 5.43 Å². The fourth-order valence-electron chi connectivity index (χ4n) is 2.56. The Bertz CT molecular complexity index is 1120. The number of rotatable bonds is 1. The van der Waals surface area contributed by atoms with Crippen LogP contribution in [0.15, 0.2) is 56.3 Å². The van der Waals surface area contributed by atoms with Gasteiger partial charge in [-0.2, -0.15) is 0 Å². The molecule has 4 aromatic rings. The second-order valence-electron chi connectivity index (χ2n) is 5.11. The molecule has 0 aliphatic rings. The molecule has 4 rings (SSSR count). The summed E-state index contributed by atoms with van der Waals surface area (Å²) < 4.78 is 11.0. The van der Waals surface area contributed by atoms with Crippen molar-refractivity contribution in [1.29, 1.82) is 0 Å². The summed E-state index contributed by atoms with van der Waals surface area (Å²) in [5, 5.41) is 29.6. The van der Waals surface area contributed by atoms with Crippen LogP contribution in [-0.2, 0) is 0 Å². The van der Waals surface area contributed by atoms with Gasteiger partial charge in [0.1, 0.15) is 22.5 Å². The van der Waals surface area contributed by atoms with E-state index >= 15 is 0 Å². The zero-order valence-corrected chi connectivity index (χ0v) is 11.6. The average molecular weight is 310 g/mol. The molecule has 0 amide bonds. The van der Waals surface area contributed by atoms with Gasteiger partial charge < -0.3 is 24.2 Å². The molecule has 0 radical (unpaired) electrons. The molecule has 6 heteroatoms. The topological polar surface area (TPSA) is 104 Å². The highest BCUT2D eigenvalue weighted by Crippen LogP contribution is 2.35. The molecule has 0 atom stereocenters. The van der Waals surface area contributed by atoms with E-state index in [9.17, 15) is 20.1 Å². The molecule has 0 aliphatic heterocycles. The molecule has 2 heterocycles. The maximum Gasteiger partial charge on any atom is 0.197 e. The first-order valence-corrected chi connectivity index (χ1v) is 6.74. The van der Waals surface area contributed by atoms with Gasteiger partial charge in [0.2, 0.25) is 0 Å². The minimum absolute atomic E-state index is 0.0608. The van der Waals surface area contributed by atoms with E-state index in [0.29, 0.717) is 16.5 Å². The molecular formula is C17H10O6. The van der Waals surface area contributed by atoms with E-state index in [1.54, 1.807) is 6.07 Å². The van der Waals surface area contributed by atoms with Crippen LogP contribution in [0, 0.1) is 0 Å². The van der Waals surface area contributed by atoms with Crippen molar-refractivity contribution in [2.75, 3.05) is 0 Å². The summed E-state index contributed by atoms with van der Waals surface area (Å²) in [7, 11) is 0. The number of furan rings is 1. The van der Waals surface area contributed by atoms with Crippen LogP contribution in [0.25, 0.3) is 33.3 Å². The van der Waals surface area contributed by atoms with E-state index in [2.05, 4.69) is 0 Å². The quantitative estimate of drug-likeness (QED) is 0.466. The summed E-state index contributed by atoms with van der Waals surface area (Å²) in [5.74, 6) is -0.622. The summed E-state index contributed by atoms with van der Waals surface area (Å²) in [6.45, 7) is 0. The first-order chi connectivity index (χ1) is 11.0. The number of aromatic hydroxyl groups is 3. The molecule has 0 fully saturated rings. The van der Waals surface area contributed by atoms with Gasteiger partial charge in [0, 0.05) is 17.7 Å². The van der Waals surface area contributed by atoms with Crippen LogP contribution in [0.1, 0.15) is 0 Å². The maximum absolute atomic E-state index is 12.3. The highest BCUT2D eigenvalue weighted by atomic mass is 16.3. The van der Waals surface area contributed by atoms with Crippen LogP contribution in [0.3, 0.4) is 0 Å². The lowest BCUT2D eigenvalue weighted by atomic mass is 10.1. The van der Waals surface area contributed by atoms with Crippen molar-refractivity contribution in [1.82, 2.24) is 0 Å². The molecule has 0 saturated heterocycles. The van der Waals surface area contributed by atoms with Gasteiger partial charge in [-0.25, -0.2) is 0 Å². The smallest absolute Gasteiger partial charge is 0.197 e. The van der Waals surface area contributed by atoms with Gasteiger partial charge in [-0.05, 0) is 24.3 Å². The Hall–Kier alpha value is -3.41. The summed E-state index contributed by atoms with van der Waals surface area (Å²) >= 11 is 0. The lowest BCUT2D eigenvalue weighted by Gasteiger charge is -2.06. The number of phenolic OH excluding ortho intramolecular Hbond substituents is 3. The third-order valence-corrected chi connectivity index (χ3v) is 3.67. The van der Waals surface area contributed by atoms with Crippen molar-refractivity contribution < 1.29 is 24.2 Å². The molecule has 2 aromatic carbocycles. The van der Waals surface area contributed by atoms with Crippen LogP contribution >= 0.6 is 0 Å². The molecule has 3 N–H and O–H groups in total. The number of hydrogen-bond donors (Lipinski definition) is 3. The fourth-order valence-corrected chi connectivity index (χ4v) is 2.56. The van der Waals surface area contributed by atoms with E-state index in [0.717, 1.165) is 0 Å². The first kappa shape index (κ1) is 13.3. The van der Waals surface area contributed by atoms with Crippen LogP contribution in [0.4, 0.5) is 0 Å². The molecule has 0 bridgehead atoms. The predicted octanol–water partition coefficient (Wildman–Crippen LogP) is 3.32. The van der Waals surface area contributed by atoms with Gasteiger partial charge in [0.15, 0.2) is 22.5 Å². The number of phenols is 3. The zero-order chi connectivity index (χ0) is 16.1. The lowest BCUT2D eigenvalue weighted by molar-refractivity contribution is 0.404. The van der Waals surface area contributed by atoms with Crippen LogP contribution in [-0.4, -0.2) is 15.3 Å². The third-order valence-electron chi connectivity index (χ3n) is 3.67. The first-order valence-electron chi connectivity index (χ1n) is 6.74. The van der Waals surface area contributed by atoms with Crippen molar-refractivity contribution >= 4 is 21.9 Å². The Morgan fingerprint density at radius 1 is 0.870 bits per heavy atom. The van der Waals surface area contributed by atoms with E-state index in [1.807, 2.05) is 0 Å². The van der Waals surface area contributed by atoms with E-state index in [1.165, 1.54) is 36.6 Å². The minimum Gasteiger partial charge on any atom is -0.507 e. The molecule has 6 nitrogen and oxygen atoms in total. The number of fused-ring (bicyclic) bond motifs is 3. The highest BCUT2D eigenvalue weighted by molar-refractivity contribution is 6.05. The molecule has 23 heavy (non-hydrogen) atoms. The van der Waals surface area contributed by atoms with Crippen molar-refractivity contribution in [2.24, 2.45) is 0 Å². The Balaban J connectivity index is 2.09. The van der Waals surface area contributed by atoms with Gasteiger partial charge in [-0.1, -0.05) is 0 Å². The largest absolute Gasteiger partial charge is 0.507 e. The van der Waals surface area contributed by atoms with Crippen LogP contribution < -0.4 is 5.43 Å². The van der Waals surface area contributed by atoms with Crippen molar-refractivity contribution in [3.8, 4) is 28.6 Å². The normalized spacial score (nSPS) is 11.3. The van der Waals surface area contributed by atoms with E-state index in [-0.39, 0.29) is 34.0 Å². The van der Waals surface area contributed by atoms with Gasteiger partial charge in [-0.15, -0.1) is 0 Å². The fraction of sp³-hybridized carbons (Fsp3) is 0. The Kier molecular flexibility index (Phi) is 2.62. The summed E-state index contributed by atoms with van der Waals surface area (Å²) in [5.41, 5.74) is 0.585. The molecule has 0 spiro atoms. The van der Waals surface area contributed by atoms with Crippen LogP contribution in [0.5, 0.6) is 17.2 Å². The van der Waals surface area contributed by atoms with Crippen molar-refractivity contribution in [2.45, 2.75) is 0 Å². The molecule has 2 aromatic heterocycles. The Morgan fingerprint density at radius 3 is 2.48 bits per heavy atom. The van der Waals surface area contributed by atoms with E-state index in [4.69, 9.17) is 8.83 Å². The standard InChI is InChI=1S/C17H10O6/c18-10-2-1-8(5-11(10)19)14-6-12(20)16-13(21)7-15-9(3-4-22-15)17(16)23-14/h1-7,18-19,21H. The monoisotopic (exact) mass is 310 g/mol. The Labute approximate surface area is 128 Å². The van der Waals surface area contributed by atoms with Gasteiger partial charge in [0.05, 0.1) is 11.6 Å². The van der Waals surface area contributed by atoms with Crippen molar-refractivity contribution in [3.05, 3.63) is 52.9 Å². The summed E-state index contributed by atoms with van der Waals surface area (Å²) in [6.07, 6.45) is 1.43. The number of benzene rings is 2.